The highest BCUT2D eigenvalue weighted by atomic mass is 16.5. The summed E-state index contributed by atoms with van der Waals surface area (Å²) in [5.41, 5.74) is -0.160. The number of nitrogens with zero attached hydrogens (tertiary/aromatic N) is 1. The van der Waals surface area contributed by atoms with Crippen LogP contribution in [-0.4, -0.2) is 12.1 Å². The van der Waals surface area contributed by atoms with E-state index in [-0.39, 0.29) is 23.4 Å². The van der Waals surface area contributed by atoms with Gasteiger partial charge in [0.05, 0.1) is 17.4 Å². The molecule has 2 saturated carbocycles. The van der Waals surface area contributed by atoms with Gasteiger partial charge in [0, 0.05) is 0 Å². The van der Waals surface area contributed by atoms with Gasteiger partial charge < -0.3 is 4.74 Å². The number of nitriles is 1. The van der Waals surface area contributed by atoms with Crippen LogP contribution >= 0.6 is 0 Å². The Morgan fingerprint density at radius 3 is 2.10 bits per heavy atom. The van der Waals surface area contributed by atoms with Gasteiger partial charge >= 0.3 is 5.97 Å². The van der Waals surface area contributed by atoms with Crippen molar-refractivity contribution in [3.63, 3.8) is 0 Å². The maximum absolute atomic E-state index is 12.7. The van der Waals surface area contributed by atoms with E-state index in [0.717, 1.165) is 57.3 Å². The van der Waals surface area contributed by atoms with Crippen LogP contribution in [0, 0.1) is 28.6 Å². The van der Waals surface area contributed by atoms with Gasteiger partial charge in [-0.25, -0.2) is 0 Å². The molecule has 0 spiro atoms. The van der Waals surface area contributed by atoms with Crippen LogP contribution < -0.4 is 0 Å². The van der Waals surface area contributed by atoms with Gasteiger partial charge in [0.15, 0.2) is 0 Å². The fraction of sp³-hybridized carbons (Fsp3) is 0.923. The van der Waals surface area contributed by atoms with Crippen molar-refractivity contribution in [3.05, 3.63) is 0 Å². The average Bonchev–Trinajstić information content (AvgIpc) is 2.76. The lowest BCUT2D eigenvalue weighted by atomic mass is 9.71. The molecule has 0 aromatic carbocycles. The Bertz CT molecular complexity index is 493. The molecule has 2 fully saturated rings. The Kier molecular flexibility index (Phi) is 11.1. The Balaban J connectivity index is 1.65. The van der Waals surface area contributed by atoms with Crippen molar-refractivity contribution >= 4 is 5.97 Å². The first-order valence-electron chi connectivity index (χ1n) is 12.7. The molecule has 0 aliphatic heterocycles. The lowest BCUT2D eigenvalue weighted by Gasteiger charge is -2.35. The minimum Gasteiger partial charge on any atom is -0.462 e. The van der Waals surface area contributed by atoms with Crippen molar-refractivity contribution in [1.82, 2.24) is 0 Å². The number of unbranched alkanes of at least 4 members (excludes halogenated alkanes) is 6. The van der Waals surface area contributed by atoms with E-state index >= 15 is 0 Å². The van der Waals surface area contributed by atoms with Gasteiger partial charge in [-0.15, -0.1) is 0 Å². The zero-order valence-corrected chi connectivity index (χ0v) is 19.2. The van der Waals surface area contributed by atoms with Crippen LogP contribution in [-0.2, 0) is 9.53 Å². The van der Waals surface area contributed by atoms with Crippen LogP contribution in [0.1, 0.15) is 129 Å². The summed E-state index contributed by atoms with van der Waals surface area (Å²) < 4.78 is 5.91. The summed E-state index contributed by atoms with van der Waals surface area (Å²) in [5, 5.41) is 9.73. The van der Waals surface area contributed by atoms with E-state index < -0.39 is 0 Å². The first-order valence-corrected chi connectivity index (χ1v) is 12.7. The predicted octanol–water partition coefficient (Wildman–Crippen LogP) is 7.73. The van der Waals surface area contributed by atoms with Gasteiger partial charge in [0.1, 0.15) is 6.10 Å². The van der Waals surface area contributed by atoms with E-state index in [0.29, 0.717) is 0 Å². The molecule has 3 heteroatoms. The third kappa shape index (κ3) is 8.31. The Morgan fingerprint density at radius 2 is 1.52 bits per heavy atom. The number of hydrogen-bond donors (Lipinski definition) is 0. The molecule has 0 heterocycles. The van der Waals surface area contributed by atoms with Crippen molar-refractivity contribution in [3.8, 4) is 6.07 Å². The summed E-state index contributed by atoms with van der Waals surface area (Å²) in [4.78, 5) is 12.7. The van der Waals surface area contributed by atoms with Crippen LogP contribution in [0.4, 0.5) is 0 Å². The minimum atomic E-state index is -0.160. The average molecular weight is 404 g/mol. The fourth-order valence-electron chi connectivity index (χ4n) is 5.38. The summed E-state index contributed by atoms with van der Waals surface area (Å²) in [5.74, 6) is 1.000. The summed E-state index contributed by atoms with van der Waals surface area (Å²) in [6.07, 6.45) is 20.7. The van der Waals surface area contributed by atoms with Gasteiger partial charge in [0.2, 0.25) is 0 Å². The predicted molar refractivity (Wildman–Crippen MR) is 119 cm³/mol. The van der Waals surface area contributed by atoms with Crippen LogP contribution in [0.3, 0.4) is 0 Å². The zero-order valence-electron chi connectivity index (χ0n) is 19.2. The third-order valence-electron chi connectivity index (χ3n) is 7.56. The second-order valence-electron chi connectivity index (χ2n) is 9.91. The van der Waals surface area contributed by atoms with Gasteiger partial charge in [-0.05, 0) is 63.7 Å². The second-order valence-corrected chi connectivity index (χ2v) is 9.91. The molecule has 2 aliphatic rings. The standard InChI is InChI=1S/C26H45NO2/c1-3-5-7-9-11-22-12-14-23(15-13-22)25(28)29-24-16-19-26(21-27,20-17-24)18-10-8-6-4-2/h22-24H,3-20H2,1-2H3. The fourth-order valence-corrected chi connectivity index (χ4v) is 5.38. The normalized spacial score (nSPS) is 29.9. The number of esters is 1. The number of hydrogen-bond acceptors (Lipinski definition) is 3. The zero-order chi connectivity index (χ0) is 21.0. The highest BCUT2D eigenvalue weighted by molar-refractivity contribution is 5.72. The summed E-state index contributed by atoms with van der Waals surface area (Å²) in [6.45, 7) is 4.48. The van der Waals surface area contributed by atoms with Crippen LogP contribution in [0.5, 0.6) is 0 Å². The molecule has 2 rings (SSSR count). The third-order valence-corrected chi connectivity index (χ3v) is 7.56. The number of rotatable bonds is 12. The lowest BCUT2D eigenvalue weighted by molar-refractivity contribution is -0.158. The van der Waals surface area contributed by atoms with Crippen LogP contribution in [0.15, 0.2) is 0 Å². The van der Waals surface area contributed by atoms with E-state index in [2.05, 4.69) is 19.9 Å². The number of ether oxygens (including phenoxy) is 1. The maximum Gasteiger partial charge on any atom is 0.309 e. The molecule has 166 valence electrons. The van der Waals surface area contributed by atoms with Crippen LogP contribution in [0.2, 0.25) is 0 Å². The molecule has 0 aromatic rings. The molecule has 3 nitrogen and oxygen atoms in total. The Hall–Kier alpha value is -1.04. The maximum atomic E-state index is 12.7. The monoisotopic (exact) mass is 403 g/mol. The molecular weight excluding hydrogens is 358 g/mol. The van der Waals surface area contributed by atoms with Crippen molar-refractivity contribution in [2.24, 2.45) is 17.3 Å². The van der Waals surface area contributed by atoms with E-state index in [1.54, 1.807) is 0 Å². The van der Waals surface area contributed by atoms with Gasteiger partial charge in [-0.1, -0.05) is 71.6 Å². The summed E-state index contributed by atoms with van der Waals surface area (Å²) in [7, 11) is 0. The summed E-state index contributed by atoms with van der Waals surface area (Å²) >= 11 is 0. The molecule has 0 bridgehead atoms. The number of carbonyl (C=O) groups is 1. The van der Waals surface area contributed by atoms with E-state index in [9.17, 15) is 10.1 Å². The summed E-state index contributed by atoms with van der Waals surface area (Å²) in [6, 6.07) is 2.62. The lowest BCUT2D eigenvalue weighted by Crippen LogP contribution is -2.33. The molecule has 0 saturated heterocycles. The van der Waals surface area contributed by atoms with Crippen molar-refractivity contribution < 1.29 is 9.53 Å². The SMILES string of the molecule is CCCCCCC1CCC(C(=O)OC2CCC(C#N)(CCCCCC)CC2)CC1. The van der Waals surface area contributed by atoms with Gasteiger partial charge in [0.25, 0.3) is 0 Å². The first kappa shape index (κ1) is 24.2. The molecule has 0 unspecified atom stereocenters. The molecule has 0 atom stereocenters. The highest BCUT2D eigenvalue weighted by Crippen LogP contribution is 2.41. The van der Waals surface area contributed by atoms with Gasteiger partial charge in [-0.2, -0.15) is 5.26 Å². The van der Waals surface area contributed by atoms with E-state index in [1.165, 1.54) is 64.2 Å². The largest absolute Gasteiger partial charge is 0.462 e. The number of carbonyl (C=O) groups excluding carboxylic acids is 1. The van der Waals surface area contributed by atoms with Gasteiger partial charge in [-0.3, -0.25) is 4.79 Å². The van der Waals surface area contributed by atoms with Crippen molar-refractivity contribution in [2.75, 3.05) is 0 Å². The second kappa shape index (κ2) is 13.3. The topological polar surface area (TPSA) is 50.1 Å². The Morgan fingerprint density at radius 1 is 0.897 bits per heavy atom. The minimum absolute atomic E-state index is 0.0476. The first-order chi connectivity index (χ1) is 14.1. The van der Waals surface area contributed by atoms with E-state index in [1.807, 2.05) is 0 Å². The van der Waals surface area contributed by atoms with E-state index in [4.69, 9.17) is 4.74 Å². The molecule has 0 N–H and O–H groups in total. The molecule has 0 radical (unpaired) electrons. The quantitative estimate of drug-likeness (QED) is 0.247. The molecule has 0 amide bonds. The van der Waals surface area contributed by atoms with Crippen molar-refractivity contribution in [1.29, 1.82) is 5.26 Å². The highest BCUT2D eigenvalue weighted by Gasteiger charge is 2.37. The molecule has 0 aromatic heterocycles. The molecule has 2 aliphatic carbocycles. The Labute approximate surface area is 180 Å². The smallest absolute Gasteiger partial charge is 0.309 e. The van der Waals surface area contributed by atoms with Crippen LogP contribution in [0.25, 0.3) is 0 Å². The van der Waals surface area contributed by atoms with Crippen molar-refractivity contribution in [2.45, 2.75) is 136 Å². The molecule has 29 heavy (non-hydrogen) atoms. The molecular formula is C26H45NO2.